The Bertz CT molecular complexity index is 155. The van der Waals surface area contributed by atoms with Crippen molar-refractivity contribution in [1.29, 1.82) is 0 Å². The van der Waals surface area contributed by atoms with Crippen molar-refractivity contribution in [3.05, 3.63) is 0 Å². The first-order chi connectivity index (χ1) is 8.53. The van der Waals surface area contributed by atoms with E-state index in [1.165, 1.54) is 45.2 Å². The molecule has 0 N–H and O–H groups in total. The quantitative estimate of drug-likeness (QED) is 0.634. The topological polar surface area (TPSA) is 3.24 Å². The third-order valence-corrected chi connectivity index (χ3v) is 3.61. The molecule has 0 atom stereocenters. The first-order valence-corrected chi connectivity index (χ1v) is 8.22. The Kier molecular flexibility index (Phi) is 13.5. The molecule has 0 unspecified atom stereocenters. The molecule has 0 spiro atoms. The Morgan fingerprint density at radius 2 is 1.44 bits per heavy atom. The second-order valence-corrected chi connectivity index (χ2v) is 5.86. The van der Waals surface area contributed by atoms with Gasteiger partial charge in [-0.2, -0.15) is 0 Å². The van der Waals surface area contributed by atoms with Gasteiger partial charge in [0.25, 0.3) is 0 Å². The van der Waals surface area contributed by atoms with Crippen LogP contribution in [0.25, 0.3) is 0 Å². The Labute approximate surface area is 117 Å². The van der Waals surface area contributed by atoms with Gasteiger partial charge in [0.2, 0.25) is 0 Å². The van der Waals surface area contributed by atoms with Crippen LogP contribution in [0.1, 0.15) is 80.6 Å². The number of hydrogen-bond donors (Lipinski definition) is 0. The summed E-state index contributed by atoms with van der Waals surface area (Å²) in [5, 5.41) is 0. The van der Waals surface area contributed by atoms with E-state index in [2.05, 4.69) is 32.7 Å². The van der Waals surface area contributed by atoms with Crippen molar-refractivity contribution in [3.63, 3.8) is 0 Å². The third-order valence-electron chi connectivity index (χ3n) is 3.61. The molecule has 0 aliphatic carbocycles. The van der Waals surface area contributed by atoms with Gasteiger partial charge < -0.3 is 4.90 Å². The van der Waals surface area contributed by atoms with Crippen LogP contribution in [0.15, 0.2) is 0 Å². The highest BCUT2D eigenvalue weighted by molar-refractivity contribution is 4.77. The van der Waals surface area contributed by atoms with Gasteiger partial charge in [0.1, 0.15) is 0 Å². The molecule has 18 heavy (non-hydrogen) atoms. The molecule has 0 amide bonds. The number of rotatable bonds is 4. The Morgan fingerprint density at radius 3 is 1.83 bits per heavy atom. The van der Waals surface area contributed by atoms with Gasteiger partial charge in [-0.05, 0) is 57.2 Å². The average Bonchev–Trinajstić information content (AvgIpc) is 2.37. The fourth-order valence-corrected chi connectivity index (χ4v) is 2.83. The molecule has 1 heterocycles. The molecule has 1 fully saturated rings. The summed E-state index contributed by atoms with van der Waals surface area (Å²) < 4.78 is 0. The van der Waals surface area contributed by atoms with E-state index in [9.17, 15) is 0 Å². The van der Waals surface area contributed by atoms with Gasteiger partial charge in [0.05, 0.1) is 0 Å². The van der Waals surface area contributed by atoms with Gasteiger partial charge >= 0.3 is 0 Å². The zero-order valence-electron chi connectivity index (χ0n) is 14.5. The number of piperidine rings is 1. The van der Waals surface area contributed by atoms with E-state index in [0.717, 1.165) is 5.92 Å². The molecule has 0 aromatic rings. The van der Waals surface area contributed by atoms with Crippen molar-refractivity contribution in [3.8, 4) is 0 Å². The Morgan fingerprint density at radius 1 is 1.00 bits per heavy atom. The molecule has 1 rings (SSSR count). The van der Waals surface area contributed by atoms with Crippen LogP contribution < -0.4 is 0 Å². The van der Waals surface area contributed by atoms with Crippen LogP contribution in [-0.2, 0) is 0 Å². The molecule has 0 bridgehead atoms. The summed E-state index contributed by atoms with van der Waals surface area (Å²) in [5.41, 5.74) is 0.579. The highest BCUT2D eigenvalue weighted by Crippen LogP contribution is 2.34. The monoisotopic (exact) mass is 257 g/mol. The fourth-order valence-electron chi connectivity index (χ4n) is 2.83. The minimum Gasteiger partial charge on any atom is -0.306 e. The van der Waals surface area contributed by atoms with Crippen LogP contribution in [0.2, 0.25) is 0 Å². The third kappa shape index (κ3) is 9.94. The maximum absolute atomic E-state index is 2.46. The Hall–Kier alpha value is -0.0400. The molecule has 112 valence electrons. The second kappa shape index (κ2) is 12.0. The van der Waals surface area contributed by atoms with E-state index in [-0.39, 0.29) is 0 Å². The highest BCUT2D eigenvalue weighted by Gasteiger charge is 2.24. The second-order valence-electron chi connectivity index (χ2n) is 5.86. The van der Waals surface area contributed by atoms with Gasteiger partial charge in [0, 0.05) is 0 Å². The lowest BCUT2D eigenvalue weighted by Gasteiger charge is -2.34. The van der Waals surface area contributed by atoms with Crippen molar-refractivity contribution in [2.24, 2.45) is 11.3 Å². The van der Waals surface area contributed by atoms with Crippen molar-refractivity contribution in [2.45, 2.75) is 80.6 Å². The van der Waals surface area contributed by atoms with Crippen LogP contribution in [0, 0.1) is 11.3 Å². The summed E-state index contributed by atoms with van der Waals surface area (Å²) in [6, 6.07) is 0. The molecule has 1 nitrogen and oxygen atoms in total. The molecular weight excluding hydrogens is 218 g/mol. The molecule has 1 aliphatic heterocycles. The molecule has 1 heteroatoms. The molecule has 1 saturated heterocycles. The van der Waals surface area contributed by atoms with Crippen molar-refractivity contribution < 1.29 is 0 Å². The highest BCUT2D eigenvalue weighted by atomic mass is 15.1. The van der Waals surface area contributed by atoms with Gasteiger partial charge in [-0.1, -0.05) is 54.9 Å². The fraction of sp³-hybridized carbons (Fsp3) is 1.00. The van der Waals surface area contributed by atoms with Gasteiger partial charge in [0.15, 0.2) is 0 Å². The molecule has 0 aromatic heterocycles. The summed E-state index contributed by atoms with van der Waals surface area (Å²) in [7, 11) is 2.24. The van der Waals surface area contributed by atoms with Crippen LogP contribution >= 0.6 is 0 Å². The van der Waals surface area contributed by atoms with E-state index < -0.39 is 0 Å². The lowest BCUT2D eigenvalue weighted by molar-refractivity contribution is 0.160. The molecular formula is C17H39N. The zero-order chi connectivity index (χ0) is 14.6. The minimum absolute atomic E-state index is 0.579. The summed E-state index contributed by atoms with van der Waals surface area (Å²) in [5.74, 6) is 0.993. The lowest BCUT2D eigenvalue weighted by Crippen LogP contribution is -2.32. The van der Waals surface area contributed by atoms with E-state index in [1.54, 1.807) is 0 Å². The minimum atomic E-state index is 0.579. The van der Waals surface area contributed by atoms with Crippen LogP contribution in [0.5, 0.6) is 0 Å². The van der Waals surface area contributed by atoms with Crippen LogP contribution in [0.4, 0.5) is 0 Å². The van der Waals surface area contributed by atoms with E-state index in [4.69, 9.17) is 0 Å². The Balaban J connectivity index is 0. The number of likely N-dealkylation sites (tertiary alicyclic amines) is 1. The standard InChI is InChI=1S/C13H27N.2C2H6/c1-5-8-13(2,3)11-12-6-9-14(4)10-7-12;2*1-2/h12H,5-11H2,1-4H3;2*1-2H3. The van der Waals surface area contributed by atoms with Crippen molar-refractivity contribution in [1.82, 2.24) is 4.90 Å². The first kappa shape index (κ1) is 20.3. The van der Waals surface area contributed by atoms with E-state index in [0.29, 0.717) is 5.41 Å². The smallest absolute Gasteiger partial charge is 0.00191 e. The zero-order valence-corrected chi connectivity index (χ0v) is 14.5. The summed E-state index contributed by atoms with van der Waals surface area (Å²) in [4.78, 5) is 2.46. The van der Waals surface area contributed by atoms with Gasteiger partial charge in [-0.25, -0.2) is 0 Å². The van der Waals surface area contributed by atoms with Gasteiger partial charge in [-0.15, -0.1) is 0 Å². The molecule has 0 saturated carbocycles. The van der Waals surface area contributed by atoms with Crippen molar-refractivity contribution >= 4 is 0 Å². The number of hydrogen-bond acceptors (Lipinski definition) is 1. The summed E-state index contributed by atoms with van der Waals surface area (Å²) in [6.45, 7) is 17.8. The predicted octanol–water partition coefficient (Wildman–Crippen LogP) is 5.60. The normalized spacial score (nSPS) is 17.3. The van der Waals surface area contributed by atoms with Crippen LogP contribution in [0.3, 0.4) is 0 Å². The maximum atomic E-state index is 2.46. The number of nitrogens with zero attached hydrogens (tertiary/aromatic N) is 1. The summed E-state index contributed by atoms with van der Waals surface area (Å²) >= 11 is 0. The molecule has 1 aliphatic rings. The molecule has 0 aromatic carbocycles. The molecule has 0 radical (unpaired) electrons. The SMILES string of the molecule is CC.CC.CCCC(C)(C)CC1CCN(C)CC1. The van der Waals surface area contributed by atoms with Crippen LogP contribution in [-0.4, -0.2) is 25.0 Å². The average molecular weight is 258 g/mol. The maximum Gasteiger partial charge on any atom is -0.00191 e. The summed E-state index contributed by atoms with van der Waals surface area (Å²) in [6.07, 6.45) is 7.00. The van der Waals surface area contributed by atoms with E-state index in [1.807, 2.05) is 27.7 Å². The van der Waals surface area contributed by atoms with Gasteiger partial charge in [-0.3, -0.25) is 0 Å². The lowest BCUT2D eigenvalue weighted by atomic mass is 9.76. The van der Waals surface area contributed by atoms with E-state index >= 15 is 0 Å². The first-order valence-electron chi connectivity index (χ1n) is 8.22. The largest absolute Gasteiger partial charge is 0.306 e. The predicted molar refractivity (Wildman–Crippen MR) is 86.2 cm³/mol. The van der Waals surface area contributed by atoms with Crippen molar-refractivity contribution in [2.75, 3.05) is 20.1 Å².